The molecule has 2 aliphatic heterocycles. The van der Waals surface area contributed by atoms with Gasteiger partial charge in [0.2, 0.25) is 15.9 Å². The largest absolute Gasteiger partial charge is 0.489 e. The number of carbonyl (C=O) groups is 1. The minimum absolute atomic E-state index is 0.119. The van der Waals surface area contributed by atoms with Gasteiger partial charge >= 0.3 is 0 Å². The second kappa shape index (κ2) is 10.2. The number of morpholine rings is 1. The molecule has 2 heterocycles. The molecule has 0 aliphatic carbocycles. The van der Waals surface area contributed by atoms with Crippen LogP contribution < -0.4 is 10.1 Å². The van der Waals surface area contributed by atoms with Crippen LogP contribution in [0.1, 0.15) is 13.8 Å². The number of rotatable bonds is 7. The smallest absolute Gasteiger partial charge is 0.243 e. The van der Waals surface area contributed by atoms with Crippen LogP contribution in [0.4, 0.5) is 5.69 Å². The summed E-state index contributed by atoms with van der Waals surface area (Å²) in [5.41, 5.74) is 0.347. The minimum atomic E-state index is -3.67. The maximum Gasteiger partial charge on any atom is 0.243 e. The number of nitrogens with zero attached hydrogens (tertiary/aromatic N) is 2. The minimum Gasteiger partial charge on any atom is -0.489 e. The van der Waals surface area contributed by atoms with Gasteiger partial charge in [-0.15, -0.1) is 0 Å². The summed E-state index contributed by atoms with van der Waals surface area (Å²) in [5.74, 6) is 1.34. The zero-order valence-corrected chi connectivity index (χ0v) is 18.9. The first-order valence-electron chi connectivity index (χ1n) is 9.35. The maximum absolute atomic E-state index is 13.0. The van der Waals surface area contributed by atoms with Crippen LogP contribution in [0.2, 0.25) is 0 Å². The average Bonchev–Trinajstić information content (AvgIpc) is 3.21. The van der Waals surface area contributed by atoms with Gasteiger partial charge in [0.15, 0.2) is 0 Å². The quantitative estimate of drug-likeness (QED) is 0.668. The predicted molar refractivity (Wildman–Crippen MR) is 118 cm³/mol. The zero-order valence-electron chi connectivity index (χ0n) is 16.4. The fraction of sp³-hybridized carbons (Fsp3) is 0.556. The van der Waals surface area contributed by atoms with E-state index in [1.165, 1.54) is 28.2 Å². The lowest BCUT2D eigenvalue weighted by Gasteiger charge is -2.26. The number of sulfonamides is 1. The predicted octanol–water partition coefficient (Wildman–Crippen LogP) is 2.27. The highest BCUT2D eigenvalue weighted by molar-refractivity contribution is 8.39. The lowest BCUT2D eigenvalue weighted by atomic mass is 10.3. The van der Waals surface area contributed by atoms with Gasteiger partial charge in [-0.2, -0.15) is 4.31 Å². The van der Waals surface area contributed by atoms with Crippen LogP contribution in [0, 0.1) is 0 Å². The number of carbonyl (C=O) groups excluding carboxylic acids is 1. The monoisotopic (exact) mass is 459 g/mol. The van der Waals surface area contributed by atoms with Gasteiger partial charge in [0.1, 0.15) is 10.1 Å². The molecular weight excluding hydrogens is 434 g/mol. The number of hydrogen-bond acceptors (Lipinski definition) is 8. The highest BCUT2D eigenvalue weighted by Gasteiger charge is 2.27. The topological polar surface area (TPSA) is 97.3 Å². The number of amides is 1. The molecule has 0 aromatic heterocycles. The van der Waals surface area contributed by atoms with Gasteiger partial charge in [0.25, 0.3) is 0 Å². The molecule has 1 N–H and O–H groups in total. The van der Waals surface area contributed by atoms with Gasteiger partial charge in [-0.05, 0) is 32.0 Å². The van der Waals surface area contributed by atoms with E-state index in [1.807, 2.05) is 13.8 Å². The number of hydrogen-bond donors (Lipinski definition) is 1. The Kier molecular flexibility index (Phi) is 7.85. The molecule has 1 aromatic rings. The fourth-order valence-corrected chi connectivity index (χ4v) is 6.02. The van der Waals surface area contributed by atoms with Gasteiger partial charge in [0.05, 0.1) is 42.2 Å². The average molecular weight is 460 g/mol. The van der Waals surface area contributed by atoms with E-state index in [9.17, 15) is 13.2 Å². The second-order valence-corrected chi connectivity index (χ2v) is 10.9. The van der Waals surface area contributed by atoms with Gasteiger partial charge in [0, 0.05) is 18.8 Å². The van der Waals surface area contributed by atoms with E-state index < -0.39 is 10.0 Å². The van der Waals surface area contributed by atoms with Crippen LogP contribution in [0.5, 0.6) is 5.75 Å². The van der Waals surface area contributed by atoms with Crippen molar-refractivity contribution in [2.24, 2.45) is 4.99 Å². The number of anilines is 1. The van der Waals surface area contributed by atoms with Crippen LogP contribution >= 0.6 is 23.5 Å². The number of nitrogens with one attached hydrogen (secondary N) is 1. The molecule has 29 heavy (non-hydrogen) atoms. The molecule has 0 bridgehead atoms. The van der Waals surface area contributed by atoms with Crippen LogP contribution in [0.15, 0.2) is 28.1 Å². The van der Waals surface area contributed by atoms with Gasteiger partial charge in [-0.25, -0.2) is 8.42 Å². The summed E-state index contributed by atoms with van der Waals surface area (Å²) in [4.78, 5) is 16.9. The first-order valence-corrected chi connectivity index (χ1v) is 12.8. The molecular formula is C18H25N3O5S3. The van der Waals surface area contributed by atoms with Crippen LogP contribution in [-0.2, 0) is 19.6 Å². The van der Waals surface area contributed by atoms with Crippen LogP contribution in [0.25, 0.3) is 0 Å². The molecule has 160 valence electrons. The van der Waals surface area contributed by atoms with Crippen molar-refractivity contribution in [1.82, 2.24) is 4.31 Å². The highest BCUT2D eigenvalue weighted by atomic mass is 32.2. The van der Waals surface area contributed by atoms with Crippen LogP contribution in [0.3, 0.4) is 0 Å². The fourth-order valence-electron chi connectivity index (χ4n) is 2.78. The van der Waals surface area contributed by atoms with Crippen molar-refractivity contribution in [2.75, 3.05) is 49.7 Å². The van der Waals surface area contributed by atoms with Crippen LogP contribution in [-0.4, -0.2) is 73.5 Å². The van der Waals surface area contributed by atoms with Gasteiger partial charge < -0.3 is 14.8 Å². The Bertz CT molecular complexity index is 867. The SMILES string of the molecule is CC(C)Oc1ccc(S(=O)(=O)N2CCOCC2)cc1NC(=O)CSC1=NCCS1. The van der Waals surface area contributed by atoms with Crippen molar-refractivity contribution >= 4 is 49.5 Å². The Morgan fingerprint density at radius 2 is 2.14 bits per heavy atom. The van der Waals surface area contributed by atoms with E-state index in [2.05, 4.69) is 10.3 Å². The normalized spacial score (nSPS) is 18.0. The maximum atomic E-state index is 13.0. The first kappa shape index (κ1) is 22.4. The third-order valence-electron chi connectivity index (χ3n) is 4.08. The molecule has 8 nitrogen and oxygen atoms in total. The summed E-state index contributed by atoms with van der Waals surface area (Å²) < 4.78 is 39.2. The first-order chi connectivity index (χ1) is 13.9. The highest BCUT2D eigenvalue weighted by Crippen LogP contribution is 2.31. The van der Waals surface area contributed by atoms with E-state index in [4.69, 9.17) is 9.47 Å². The number of aliphatic imine (C=N–C) groups is 1. The Labute approximate surface area is 179 Å². The summed E-state index contributed by atoms with van der Waals surface area (Å²) in [6, 6.07) is 4.57. The molecule has 1 saturated heterocycles. The molecule has 0 saturated carbocycles. The summed E-state index contributed by atoms with van der Waals surface area (Å²) in [7, 11) is -3.67. The Morgan fingerprint density at radius 3 is 2.79 bits per heavy atom. The number of ether oxygens (including phenoxy) is 2. The van der Waals surface area contributed by atoms with E-state index in [0.29, 0.717) is 37.7 Å². The molecule has 0 unspecified atom stereocenters. The van der Waals surface area contributed by atoms with Crippen molar-refractivity contribution in [2.45, 2.75) is 24.8 Å². The number of thioether (sulfide) groups is 2. The molecule has 3 rings (SSSR count). The molecule has 0 atom stereocenters. The lowest BCUT2D eigenvalue weighted by Crippen LogP contribution is -2.40. The van der Waals surface area contributed by atoms with Crippen molar-refractivity contribution in [3.8, 4) is 5.75 Å². The van der Waals surface area contributed by atoms with E-state index in [-0.39, 0.29) is 22.7 Å². The number of benzene rings is 1. The Morgan fingerprint density at radius 1 is 1.38 bits per heavy atom. The summed E-state index contributed by atoms with van der Waals surface area (Å²) in [5, 5.41) is 2.80. The van der Waals surface area contributed by atoms with Crippen molar-refractivity contribution in [1.29, 1.82) is 0 Å². The summed E-state index contributed by atoms with van der Waals surface area (Å²) >= 11 is 3.02. The molecule has 1 fully saturated rings. The molecule has 0 radical (unpaired) electrons. The molecule has 1 amide bonds. The van der Waals surface area contributed by atoms with E-state index in [0.717, 1.165) is 16.7 Å². The van der Waals surface area contributed by atoms with Gasteiger partial charge in [-0.1, -0.05) is 23.5 Å². The summed E-state index contributed by atoms with van der Waals surface area (Å²) in [6.45, 7) is 5.88. The van der Waals surface area contributed by atoms with Crippen molar-refractivity contribution < 1.29 is 22.7 Å². The Hall–Kier alpha value is -1.27. The molecule has 11 heteroatoms. The third-order valence-corrected chi connectivity index (χ3v) is 8.23. The van der Waals surface area contributed by atoms with E-state index in [1.54, 1.807) is 17.8 Å². The summed E-state index contributed by atoms with van der Waals surface area (Å²) in [6.07, 6.45) is -0.119. The van der Waals surface area contributed by atoms with Crippen molar-refractivity contribution in [3.63, 3.8) is 0 Å². The molecule has 1 aromatic carbocycles. The van der Waals surface area contributed by atoms with E-state index >= 15 is 0 Å². The van der Waals surface area contributed by atoms with Gasteiger partial charge in [-0.3, -0.25) is 9.79 Å². The zero-order chi connectivity index (χ0) is 20.9. The van der Waals surface area contributed by atoms with Crippen molar-refractivity contribution in [3.05, 3.63) is 18.2 Å². The third kappa shape index (κ3) is 6.11. The standard InChI is InChI=1S/C18H25N3O5S3/c1-13(2)26-16-4-3-14(29(23,24)21-6-8-25-9-7-21)11-15(16)20-17(22)12-28-18-19-5-10-27-18/h3-4,11,13H,5-10,12H2,1-2H3,(H,20,22). The lowest BCUT2D eigenvalue weighted by molar-refractivity contribution is -0.113. The molecule has 2 aliphatic rings. The molecule has 0 spiro atoms. The Balaban J connectivity index is 1.78. The second-order valence-electron chi connectivity index (χ2n) is 6.67.